The van der Waals surface area contributed by atoms with E-state index in [2.05, 4.69) is 47.5 Å². The zero-order valence-electron chi connectivity index (χ0n) is 45.0. The smallest absolute Gasteiger partial charge is 0.336 e. The van der Waals surface area contributed by atoms with Gasteiger partial charge in [0.1, 0.15) is 59.4 Å². The number of benzene rings is 4. The standard InChI is InChI=1S/C56H60N10O15S2/c1-24-46(71)61-38-19-36-31-7-5-6-8-37(31)64-52(36)83-22-40(53(77)66-21-30(70)16-41(66)50(75)59-24)63-51(76)45(26(3)67)65-47(72)25(2)58-49(74)39(62-48(38)73)20-56(4,80)23-57-55(82)60-27-9-12-32(54(78)79)35(15-27)44-33-13-10-28(68)17-42(33)81-43-18-29(69)11-14-34(43)44/h5-15,17-18,24-26,30,38-41,45,64,67-68,70,80H,16,19-23H2,1-4H3,(H,58,74)(H,59,75)(H,61,71)(H,62,73)(H,63,76)(H,65,72)(H,78,79)(H2,57,60,82)/t24?,25?,26?,30?,38-,39+,40+,41?,45?,56?/m0/s1. The van der Waals surface area contributed by atoms with Gasteiger partial charge >= 0.3 is 5.97 Å². The number of aromatic amines is 1. The number of nitrogens with zero attached hydrogens (tertiary/aromatic N) is 1. The molecule has 7 amide bonds. The Morgan fingerprint density at radius 1 is 0.819 bits per heavy atom. The molecule has 2 bridgehead atoms. The lowest BCUT2D eigenvalue weighted by molar-refractivity contribution is -0.142. The number of aromatic carboxylic acids is 1. The van der Waals surface area contributed by atoms with Crippen LogP contribution in [0, 0.1) is 0 Å². The van der Waals surface area contributed by atoms with E-state index in [4.69, 9.17) is 16.6 Å². The van der Waals surface area contributed by atoms with Crippen molar-refractivity contribution in [3.8, 4) is 28.2 Å². The van der Waals surface area contributed by atoms with Gasteiger partial charge in [0.25, 0.3) is 0 Å². The highest BCUT2D eigenvalue weighted by Gasteiger charge is 2.44. The number of fused-ring (bicyclic) bond motifs is 7. The lowest BCUT2D eigenvalue weighted by Gasteiger charge is -2.31. The maximum absolute atomic E-state index is 14.9. The molecule has 7 unspecified atom stereocenters. The van der Waals surface area contributed by atoms with Crippen LogP contribution in [-0.2, 0) is 40.0 Å². The molecule has 10 atom stereocenters. The number of H-pyrrole nitrogens is 1. The van der Waals surface area contributed by atoms with Crippen LogP contribution >= 0.6 is 24.0 Å². The number of phenolic OH excluding ortho intramolecular Hbond substituents is 1. The number of phenols is 1. The molecule has 1 aliphatic carbocycles. The van der Waals surface area contributed by atoms with Gasteiger partial charge in [0.2, 0.25) is 41.4 Å². The Bertz CT molecular complexity index is 3640. The van der Waals surface area contributed by atoms with Gasteiger partial charge < -0.3 is 82.4 Å². The van der Waals surface area contributed by atoms with E-state index in [9.17, 15) is 68.7 Å². The number of nitrogens with one attached hydrogen (secondary N) is 9. The van der Waals surface area contributed by atoms with Crippen LogP contribution in [0.4, 0.5) is 5.69 Å². The van der Waals surface area contributed by atoms with Crippen molar-refractivity contribution in [1.82, 2.24) is 47.1 Å². The third-order valence-electron chi connectivity index (χ3n) is 14.6. The molecular weight excluding hydrogens is 1120 g/mol. The van der Waals surface area contributed by atoms with Crippen LogP contribution < -0.4 is 48.0 Å². The highest BCUT2D eigenvalue weighted by Crippen LogP contribution is 2.43. The highest BCUT2D eigenvalue weighted by atomic mass is 32.2. The second kappa shape index (κ2) is 24.1. The quantitative estimate of drug-likeness (QED) is 0.0730. The fourth-order valence-corrected chi connectivity index (χ4v) is 11.7. The Morgan fingerprint density at radius 3 is 2.27 bits per heavy atom. The number of amides is 7. The summed E-state index contributed by atoms with van der Waals surface area (Å²) < 4.78 is 5.96. The SMILES string of the molecule is CC1NC(=O)C2CC(O)CN2C(=O)[C@H]2CSc3[nH]c4ccccc4c3C[C@H](NC1=O)C(=O)N[C@H](CC(C)(O)CNC(=S)Nc1ccc(C(=O)O)c(-c3c4ccc(=O)cc-4oc4cc(O)ccc34)c1)C(=O)NC(C)C(=O)NC(C(C)O)C(=O)N2. The highest BCUT2D eigenvalue weighted by molar-refractivity contribution is 7.99. The van der Waals surface area contributed by atoms with Crippen LogP contribution in [0.2, 0.25) is 0 Å². The van der Waals surface area contributed by atoms with Crippen LogP contribution in [-0.4, -0.2) is 167 Å². The minimum Gasteiger partial charge on any atom is -0.508 e. The van der Waals surface area contributed by atoms with Gasteiger partial charge in [-0.15, -0.1) is 11.8 Å². The van der Waals surface area contributed by atoms with E-state index in [1.54, 1.807) is 30.3 Å². The predicted octanol–water partition coefficient (Wildman–Crippen LogP) is 0.531. The third-order valence-corrected chi connectivity index (χ3v) is 16.0. The number of anilines is 1. The zero-order chi connectivity index (χ0) is 59.8. The molecular formula is C56H60N10O15S2. The summed E-state index contributed by atoms with van der Waals surface area (Å²) in [5, 5.41) is 77.1. The number of hydrogen-bond acceptors (Lipinski definition) is 16. The molecule has 9 rings (SSSR count). The first-order valence-corrected chi connectivity index (χ1v) is 27.8. The number of carbonyl (C=O) groups is 8. The van der Waals surface area contributed by atoms with Crippen molar-refractivity contribution in [2.24, 2.45) is 0 Å². The van der Waals surface area contributed by atoms with E-state index in [0.29, 0.717) is 38.0 Å². The number of aliphatic hydroxyl groups is 3. The minimum absolute atomic E-state index is 0.0996. The van der Waals surface area contributed by atoms with Crippen molar-refractivity contribution in [2.45, 2.75) is 112 Å². The molecule has 0 saturated carbocycles. The number of aromatic nitrogens is 1. The van der Waals surface area contributed by atoms with E-state index in [-0.39, 0.29) is 69.6 Å². The number of rotatable bonds is 8. The average molecular weight is 1180 g/mol. The molecule has 1 fully saturated rings. The van der Waals surface area contributed by atoms with Crippen LogP contribution in [0.25, 0.3) is 44.3 Å². The molecule has 27 heteroatoms. The molecule has 5 aliphatic rings. The zero-order valence-corrected chi connectivity index (χ0v) is 46.7. The number of carbonyl (C=O) groups excluding carboxylic acids is 7. The second-order valence-electron chi connectivity index (χ2n) is 21.1. The average Bonchev–Trinajstić information content (AvgIpc) is 4.06. The van der Waals surface area contributed by atoms with E-state index in [0.717, 1.165) is 16.7 Å². The summed E-state index contributed by atoms with van der Waals surface area (Å²) in [5.74, 6) is -7.96. The fraction of sp³-hybridized carbons (Fsp3) is 0.357. The number of carboxylic acid groups (broad SMARTS) is 1. The molecule has 1 aromatic heterocycles. The van der Waals surface area contributed by atoms with Gasteiger partial charge in [-0.2, -0.15) is 0 Å². The van der Waals surface area contributed by atoms with Gasteiger partial charge in [0.05, 0.1) is 28.4 Å². The van der Waals surface area contributed by atoms with Gasteiger partial charge in [0.15, 0.2) is 10.5 Å². The summed E-state index contributed by atoms with van der Waals surface area (Å²) in [6, 6.07) is 9.03. The Morgan fingerprint density at radius 2 is 1.53 bits per heavy atom. The van der Waals surface area contributed by atoms with Crippen molar-refractivity contribution in [2.75, 3.05) is 24.2 Å². The number of hydrogen-bond donors (Lipinski definition) is 14. The molecule has 0 spiro atoms. The Hall–Kier alpha value is -8.63. The molecule has 436 valence electrons. The van der Waals surface area contributed by atoms with Crippen molar-refractivity contribution >= 4 is 104 Å². The number of thioether (sulfide) groups is 1. The van der Waals surface area contributed by atoms with Gasteiger partial charge in [-0.3, -0.25) is 38.4 Å². The molecule has 4 aromatic rings. The normalized spacial score (nSPS) is 24.2. The molecule has 4 aliphatic heterocycles. The third kappa shape index (κ3) is 13.0. The van der Waals surface area contributed by atoms with Crippen LogP contribution in [0.1, 0.15) is 56.5 Å². The number of para-hydroxylation sites is 1. The molecule has 3 aromatic carbocycles. The maximum Gasteiger partial charge on any atom is 0.336 e. The fourth-order valence-electron chi connectivity index (χ4n) is 10.4. The second-order valence-corrected chi connectivity index (χ2v) is 22.6. The van der Waals surface area contributed by atoms with E-state index < -0.39 is 120 Å². The summed E-state index contributed by atoms with van der Waals surface area (Å²) in [5.41, 5.74) is -0.0658. The van der Waals surface area contributed by atoms with Gasteiger partial charge in [0, 0.05) is 83.3 Å². The Balaban J connectivity index is 1.03. The van der Waals surface area contributed by atoms with E-state index in [1.807, 2.05) is 0 Å². The molecule has 5 heterocycles. The summed E-state index contributed by atoms with van der Waals surface area (Å²) in [4.78, 5) is 130. The summed E-state index contributed by atoms with van der Waals surface area (Å²) in [6.45, 7) is 4.41. The molecule has 14 N–H and O–H groups in total. The predicted molar refractivity (Wildman–Crippen MR) is 306 cm³/mol. The number of carboxylic acids is 1. The number of aromatic hydroxyl groups is 1. The molecule has 0 radical (unpaired) electrons. The van der Waals surface area contributed by atoms with Gasteiger partial charge in [-0.05, 0) is 99.6 Å². The summed E-state index contributed by atoms with van der Waals surface area (Å²) in [7, 11) is 0. The lowest BCUT2D eigenvalue weighted by Crippen LogP contribution is -2.62. The van der Waals surface area contributed by atoms with Crippen molar-refractivity contribution in [3.63, 3.8) is 0 Å². The van der Waals surface area contributed by atoms with Crippen molar-refractivity contribution in [1.29, 1.82) is 0 Å². The number of aliphatic hydroxyl groups excluding tert-OH is 2. The first-order chi connectivity index (χ1) is 39.3. The summed E-state index contributed by atoms with van der Waals surface area (Å²) >= 11 is 6.70. The maximum atomic E-state index is 14.9. The number of thiocarbonyl (C=S) groups is 1. The Kier molecular flexibility index (Phi) is 17.1. The monoisotopic (exact) mass is 1180 g/mol. The summed E-state index contributed by atoms with van der Waals surface area (Å²) in [6.07, 6.45) is -3.84. The van der Waals surface area contributed by atoms with Gasteiger partial charge in [-0.25, -0.2) is 4.79 Å². The van der Waals surface area contributed by atoms with Gasteiger partial charge in [-0.1, -0.05) is 18.2 Å². The van der Waals surface area contributed by atoms with E-state index in [1.165, 1.54) is 76.2 Å². The molecule has 1 saturated heterocycles. The van der Waals surface area contributed by atoms with Crippen LogP contribution in [0.3, 0.4) is 0 Å². The molecule has 25 nitrogen and oxygen atoms in total. The first kappa shape index (κ1) is 59.0. The largest absolute Gasteiger partial charge is 0.508 e. The minimum atomic E-state index is -1.96. The topological polar surface area (TPSA) is 383 Å². The van der Waals surface area contributed by atoms with Crippen LogP contribution in [0.5, 0.6) is 5.75 Å². The van der Waals surface area contributed by atoms with Crippen LogP contribution in [0.15, 0.2) is 93.1 Å². The van der Waals surface area contributed by atoms with Crippen molar-refractivity contribution in [3.05, 3.63) is 100 Å². The van der Waals surface area contributed by atoms with E-state index >= 15 is 0 Å². The molecule has 83 heavy (non-hydrogen) atoms. The lowest BCUT2D eigenvalue weighted by atomic mass is 9.90. The Labute approximate surface area is 482 Å². The van der Waals surface area contributed by atoms with Crippen molar-refractivity contribution < 1.29 is 68.3 Å². The first-order valence-electron chi connectivity index (χ1n) is 26.4.